The van der Waals surface area contributed by atoms with E-state index in [-0.39, 0.29) is 0 Å². The zero-order chi connectivity index (χ0) is 12.0. The van der Waals surface area contributed by atoms with Gasteiger partial charge in [0, 0.05) is 16.6 Å². The standard InChI is InChI=1S/C13H13NO3/c15-11(12(16)17)13(5-6-13)10-7-8-3-1-2-4-9(8)14-10/h1-4,7,11,14-15H,5-6H2,(H,16,17). The molecule has 4 heteroatoms. The summed E-state index contributed by atoms with van der Waals surface area (Å²) in [6, 6.07) is 9.72. The first kappa shape index (κ1) is 10.4. The fraction of sp³-hybridized carbons (Fsp3) is 0.308. The lowest BCUT2D eigenvalue weighted by molar-refractivity contribution is -0.148. The average Bonchev–Trinajstić information content (AvgIpc) is 3.01. The Balaban J connectivity index is 2.06. The van der Waals surface area contributed by atoms with Crippen molar-refractivity contribution < 1.29 is 15.0 Å². The quantitative estimate of drug-likeness (QED) is 0.752. The van der Waals surface area contributed by atoms with Crippen molar-refractivity contribution in [1.82, 2.24) is 4.98 Å². The Morgan fingerprint density at radius 3 is 2.65 bits per heavy atom. The van der Waals surface area contributed by atoms with Gasteiger partial charge in [0.1, 0.15) is 0 Å². The van der Waals surface area contributed by atoms with E-state index in [9.17, 15) is 9.90 Å². The van der Waals surface area contributed by atoms with Gasteiger partial charge in [-0.3, -0.25) is 0 Å². The highest BCUT2D eigenvalue weighted by Gasteiger charge is 2.54. The van der Waals surface area contributed by atoms with Gasteiger partial charge in [0.15, 0.2) is 6.10 Å². The summed E-state index contributed by atoms with van der Waals surface area (Å²) in [5.74, 6) is -1.15. The van der Waals surface area contributed by atoms with Crippen LogP contribution in [0.5, 0.6) is 0 Å². The second-order valence-corrected chi connectivity index (χ2v) is 4.67. The van der Waals surface area contributed by atoms with Crippen molar-refractivity contribution in [1.29, 1.82) is 0 Å². The minimum atomic E-state index is -1.32. The van der Waals surface area contributed by atoms with Gasteiger partial charge < -0.3 is 15.2 Å². The molecule has 1 unspecified atom stereocenters. The van der Waals surface area contributed by atoms with E-state index in [2.05, 4.69) is 4.98 Å². The van der Waals surface area contributed by atoms with Crippen molar-refractivity contribution in [3.8, 4) is 0 Å². The van der Waals surface area contributed by atoms with Crippen LogP contribution < -0.4 is 0 Å². The monoisotopic (exact) mass is 231 g/mol. The maximum absolute atomic E-state index is 10.9. The lowest BCUT2D eigenvalue weighted by Gasteiger charge is -2.16. The number of benzene rings is 1. The van der Waals surface area contributed by atoms with Gasteiger partial charge in [-0.05, 0) is 30.4 Å². The molecule has 88 valence electrons. The normalized spacial score (nSPS) is 19.1. The van der Waals surface area contributed by atoms with Crippen LogP contribution in [0.3, 0.4) is 0 Å². The number of rotatable bonds is 3. The number of aromatic amines is 1. The van der Waals surface area contributed by atoms with Crippen LogP contribution >= 0.6 is 0 Å². The van der Waals surface area contributed by atoms with Crippen molar-refractivity contribution >= 4 is 16.9 Å². The van der Waals surface area contributed by atoms with Gasteiger partial charge in [0.05, 0.1) is 0 Å². The molecule has 17 heavy (non-hydrogen) atoms. The molecule has 4 nitrogen and oxygen atoms in total. The Kier molecular flexibility index (Phi) is 2.03. The SMILES string of the molecule is O=C(O)C(O)C1(c2cc3ccccc3[nH]2)CC1. The van der Waals surface area contributed by atoms with E-state index in [0.717, 1.165) is 16.6 Å². The topological polar surface area (TPSA) is 73.3 Å². The molecule has 1 aliphatic carbocycles. The van der Waals surface area contributed by atoms with Crippen LogP contribution in [0.1, 0.15) is 18.5 Å². The number of hydrogen-bond acceptors (Lipinski definition) is 2. The minimum Gasteiger partial charge on any atom is -0.479 e. The van der Waals surface area contributed by atoms with Crippen molar-refractivity contribution in [3.05, 3.63) is 36.0 Å². The van der Waals surface area contributed by atoms with Crippen LogP contribution in [-0.2, 0) is 10.2 Å². The van der Waals surface area contributed by atoms with E-state index >= 15 is 0 Å². The number of fused-ring (bicyclic) bond motifs is 1. The first-order valence-electron chi connectivity index (χ1n) is 5.63. The summed E-state index contributed by atoms with van der Waals surface area (Å²) in [5.41, 5.74) is 1.20. The van der Waals surface area contributed by atoms with E-state index in [1.165, 1.54) is 0 Å². The molecule has 0 radical (unpaired) electrons. The number of nitrogens with one attached hydrogen (secondary N) is 1. The van der Waals surface area contributed by atoms with E-state index < -0.39 is 17.5 Å². The summed E-state index contributed by atoms with van der Waals surface area (Å²) in [6.07, 6.45) is 0.108. The van der Waals surface area contributed by atoms with Crippen LogP contribution in [0.4, 0.5) is 0 Å². The lowest BCUT2D eigenvalue weighted by atomic mass is 9.95. The zero-order valence-corrected chi connectivity index (χ0v) is 9.18. The summed E-state index contributed by atoms with van der Waals surface area (Å²) in [5, 5.41) is 19.8. The molecule has 3 N–H and O–H groups in total. The number of carboxylic acid groups (broad SMARTS) is 1. The Bertz CT molecular complexity index is 550. The van der Waals surface area contributed by atoms with E-state index in [0.29, 0.717) is 12.8 Å². The number of para-hydroxylation sites is 1. The second-order valence-electron chi connectivity index (χ2n) is 4.67. The molecule has 1 aromatic carbocycles. The summed E-state index contributed by atoms with van der Waals surface area (Å²) in [6.45, 7) is 0. The zero-order valence-electron chi connectivity index (χ0n) is 9.18. The molecular formula is C13H13NO3. The molecule has 1 heterocycles. The van der Waals surface area contributed by atoms with Crippen molar-refractivity contribution in [2.75, 3.05) is 0 Å². The maximum atomic E-state index is 10.9. The van der Waals surface area contributed by atoms with Crippen molar-refractivity contribution in [2.24, 2.45) is 0 Å². The molecule has 1 fully saturated rings. The lowest BCUT2D eigenvalue weighted by Crippen LogP contribution is -2.34. The van der Waals surface area contributed by atoms with E-state index in [4.69, 9.17) is 5.11 Å². The van der Waals surface area contributed by atoms with Crippen LogP contribution in [0.25, 0.3) is 10.9 Å². The molecule has 3 rings (SSSR count). The first-order chi connectivity index (χ1) is 8.13. The van der Waals surface area contributed by atoms with E-state index in [1.54, 1.807) is 0 Å². The van der Waals surface area contributed by atoms with Crippen molar-refractivity contribution in [3.63, 3.8) is 0 Å². The Morgan fingerprint density at radius 2 is 2.06 bits per heavy atom. The summed E-state index contributed by atoms with van der Waals surface area (Å²) < 4.78 is 0. The van der Waals surface area contributed by atoms with Gasteiger partial charge in [-0.15, -0.1) is 0 Å². The Hall–Kier alpha value is -1.81. The van der Waals surface area contributed by atoms with Crippen LogP contribution in [0, 0.1) is 0 Å². The summed E-state index contributed by atoms with van der Waals surface area (Å²) >= 11 is 0. The fourth-order valence-electron chi connectivity index (χ4n) is 2.40. The van der Waals surface area contributed by atoms with Gasteiger partial charge in [-0.2, -0.15) is 0 Å². The number of aliphatic carboxylic acids is 1. The highest BCUT2D eigenvalue weighted by molar-refractivity contribution is 5.82. The summed E-state index contributed by atoms with van der Waals surface area (Å²) in [7, 11) is 0. The number of aliphatic hydroxyl groups is 1. The summed E-state index contributed by atoms with van der Waals surface area (Å²) in [4.78, 5) is 14.1. The molecule has 1 aromatic heterocycles. The van der Waals surface area contributed by atoms with E-state index in [1.807, 2.05) is 30.3 Å². The van der Waals surface area contributed by atoms with Crippen molar-refractivity contribution in [2.45, 2.75) is 24.4 Å². The van der Waals surface area contributed by atoms with Crippen LogP contribution in [0.15, 0.2) is 30.3 Å². The highest BCUT2D eigenvalue weighted by atomic mass is 16.4. The third kappa shape index (κ3) is 1.45. The molecule has 0 aliphatic heterocycles. The molecule has 2 aromatic rings. The van der Waals surface area contributed by atoms with Gasteiger partial charge in [0.25, 0.3) is 0 Å². The molecule has 0 amide bonds. The van der Waals surface area contributed by atoms with Gasteiger partial charge >= 0.3 is 5.97 Å². The minimum absolute atomic E-state index is 0.606. The number of hydrogen-bond donors (Lipinski definition) is 3. The van der Waals surface area contributed by atoms with Crippen LogP contribution in [-0.4, -0.2) is 27.3 Å². The predicted molar refractivity (Wildman–Crippen MR) is 62.9 cm³/mol. The number of aromatic nitrogens is 1. The second kappa shape index (κ2) is 3.34. The maximum Gasteiger partial charge on any atom is 0.333 e. The number of carbonyl (C=O) groups is 1. The molecule has 0 spiro atoms. The van der Waals surface area contributed by atoms with Gasteiger partial charge in [-0.1, -0.05) is 18.2 Å². The van der Waals surface area contributed by atoms with Crippen LogP contribution in [0.2, 0.25) is 0 Å². The Labute approximate surface area is 97.9 Å². The average molecular weight is 231 g/mol. The fourth-order valence-corrected chi connectivity index (χ4v) is 2.40. The molecule has 1 atom stereocenters. The molecule has 1 aliphatic rings. The number of carboxylic acids is 1. The number of H-pyrrole nitrogens is 1. The third-order valence-corrected chi connectivity index (χ3v) is 3.61. The first-order valence-corrected chi connectivity index (χ1v) is 5.63. The molecule has 1 saturated carbocycles. The highest BCUT2D eigenvalue weighted by Crippen LogP contribution is 2.51. The smallest absolute Gasteiger partial charge is 0.333 e. The van der Waals surface area contributed by atoms with Gasteiger partial charge in [0.2, 0.25) is 0 Å². The molecular weight excluding hydrogens is 218 g/mol. The Morgan fingerprint density at radius 1 is 1.35 bits per heavy atom. The predicted octanol–water partition coefficient (Wildman–Crippen LogP) is 1.64. The molecule has 0 bridgehead atoms. The van der Waals surface area contributed by atoms with Gasteiger partial charge in [-0.25, -0.2) is 4.79 Å². The number of aliphatic hydroxyl groups excluding tert-OH is 1. The largest absolute Gasteiger partial charge is 0.479 e. The molecule has 0 saturated heterocycles. The third-order valence-electron chi connectivity index (χ3n) is 3.61.